The molecule has 12 aromatic rings. The van der Waals surface area contributed by atoms with E-state index in [1.807, 2.05) is 0 Å². The number of benzene rings is 9. The summed E-state index contributed by atoms with van der Waals surface area (Å²) in [6.07, 6.45) is 2.37. The van der Waals surface area contributed by atoms with Gasteiger partial charge >= 0.3 is 0 Å². The van der Waals surface area contributed by atoms with Crippen LogP contribution in [-0.4, -0.2) is 24.1 Å². The molecule has 316 valence electrons. The van der Waals surface area contributed by atoms with E-state index in [9.17, 15) is 0 Å². The van der Waals surface area contributed by atoms with E-state index in [1.165, 1.54) is 61.9 Å². The first-order valence-electron chi connectivity index (χ1n) is 23.1. The van der Waals surface area contributed by atoms with Crippen molar-refractivity contribution in [3.63, 3.8) is 0 Å². The molecule has 0 spiro atoms. The Morgan fingerprint density at radius 2 is 0.773 bits per heavy atom. The van der Waals surface area contributed by atoms with Gasteiger partial charge in [0, 0.05) is 49.6 Å². The molecule has 0 amide bonds. The van der Waals surface area contributed by atoms with E-state index >= 15 is 0 Å². The monoisotopic (exact) mass is 849 g/mol. The van der Waals surface area contributed by atoms with Gasteiger partial charge in [0.05, 0.1) is 22.1 Å². The topological polar surface area (TPSA) is 48.5 Å². The minimum Gasteiger partial charge on any atom is -0.309 e. The Balaban J connectivity index is 0.952. The van der Waals surface area contributed by atoms with Crippen LogP contribution >= 0.6 is 0 Å². The lowest BCUT2D eigenvalue weighted by atomic mass is 9.63. The summed E-state index contributed by atoms with van der Waals surface area (Å²) in [4.78, 5) is 15.7. The van der Waals surface area contributed by atoms with Gasteiger partial charge in [-0.3, -0.25) is 0 Å². The summed E-state index contributed by atoms with van der Waals surface area (Å²) in [5, 5.41) is 9.66. The van der Waals surface area contributed by atoms with Crippen LogP contribution in [-0.2, 0) is 10.8 Å². The molecule has 66 heavy (non-hydrogen) atoms. The number of para-hydroxylation sites is 3. The van der Waals surface area contributed by atoms with Crippen molar-refractivity contribution in [1.29, 1.82) is 0 Å². The summed E-state index contributed by atoms with van der Waals surface area (Å²) in [6.45, 7) is 9.66. The van der Waals surface area contributed by atoms with Crippen LogP contribution in [0.15, 0.2) is 188 Å². The quantitative estimate of drug-likeness (QED) is 0.173. The highest BCUT2D eigenvalue weighted by molar-refractivity contribution is 6.11. The zero-order valence-corrected chi connectivity index (χ0v) is 37.5. The van der Waals surface area contributed by atoms with Crippen LogP contribution in [0.25, 0.3) is 111 Å². The average Bonchev–Trinajstić information content (AvgIpc) is 3.87. The van der Waals surface area contributed by atoms with E-state index in [4.69, 9.17) is 15.0 Å². The molecule has 0 saturated heterocycles. The van der Waals surface area contributed by atoms with Crippen LogP contribution in [0.3, 0.4) is 0 Å². The van der Waals surface area contributed by atoms with E-state index < -0.39 is 0 Å². The van der Waals surface area contributed by atoms with Gasteiger partial charge in [0.2, 0.25) is 0 Å². The Morgan fingerprint density at radius 1 is 0.333 bits per heavy atom. The lowest BCUT2D eigenvalue weighted by Crippen LogP contribution is -2.33. The second kappa shape index (κ2) is 14.3. The lowest BCUT2D eigenvalue weighted by Gasteiger charge is -2.42. The highest BCUT2D eigenvalue weighted by atomic mass is 15.0. The Morgan fingerprint density at radius 3 is 1.39 bits per heavy atom. The van der Waals surface area contributed by atoms with Crippen molar-refractivity contribution in [2.45, 2.75) is 51.4 Å². The van der Waals surface area contributed by atoms with Gasteiger partial charge in [-0.05, 0) is 123 Å². The molecule has 0 atom stereocenters. The van der Waals surface area contributed by atoms with E-state index in [-0.39, 0.29) is 10.8 Å². The van der Waals surface area contributed by atoms with Crippen molar-refractivity contribution in [3.05, 3.63) is 199 Å². The second-order valence-corrected chi connectivity index (χ2v) is 19.6. The normalized spacial score (nSPS) is 14.5. The smallest absolute Gasteiger partial charge is 0.164 e. The molecule has 9 aromatic carbocycles. The van der Waals surface area contributed by atoms with Gasteiger partial charge in [-0.25, -0.2) is 15.0 Å². The molecule has 5 heteroatoms. The Kier molecular flexibility index (Phi) is 8.36. The minimum absolute atomic E-state index is 0.109. The number of hydrogen-bond acceptors (Lipinski definition) is 3. The highest BCUT2D eigenvalue weighted by Gasteiger charge is 2.38. The first-order chi connectivity index (χ1) is 32.2. The molecule has 0 fully saturated rings. The maximum Gasteiger partial charge on any atom is 0.164 e. The van der Waals surface area contributed by atoms with Crippen LogP contribution in [0.5, 0.6) is 0 Å². The zero-order chi connectivity index (χ0) is 44.3. The van der Waals surface area contributed by atoms with Crippen molar-refractivity contribution in [3.8, 4) is 45.5 Å². The fourth-order valence-electron chi connectivity index (χ4n) is 10.9. The van der Waals surface area contributed by atoms with Crippen LogP contribution in [0, 0.1) is 0 Å². The number of fused-ring (bicyclic) bond motifs is 9. The van der Waals surface area contributed by atoms with E-state index in [0.29, 0.717) is 17.5 Å². The Hall–Kier alpha value is -7.89. The van der Waals surface area contributed by atoms with E-state index in [0.717, 1.165) is 55.3 Å². The molecule has 13 rings (SSSR count). The standard InChI is InChI=1S/C61H47N5/c1-60(2)30-31-61(3,4)52-37-56-50(36-51(52)60)49-20-9-12-23-55(49)66(56)46-29-28-40-33-44(27-25-41(40)34-46)59-63-57(62-58(64-59)43-26-24-38-14-5-6-15-39(38)32-43)42-16-13-17-45(35-42)65-53-21-10-7-18-47(53)48-19-8-11-22-54(48)65/h5-29,32-37H,30-31H2,1-4H3. The predicted molar refractivity (Wildman–Crippen MR) is 275 cm³/mol. The molecule has 5 nitrogen and oxygen atoms in total. The predicted octanol–water partition coefficient (Wildman–Crippen LogP) is 15.7. The fourth-order valence-corrected chi connectivity index (χ4v) is 10.9. The SMILES string of the molecule is CC1(C)CCC(C)(C)c2cc3c(cc21)c1ccccc1n3-c1ccc2cc(-c3nc(-c4cccc(-n5c6ccccc6c6ccccc65)c4)nc(-c4ccc5ccccc5c4)n3)ccc2c1. The van der Waals surface area contributed by atoms with Crippen LogP contribution in [0.2, 0.25) is 0 Å². The molecule has 0 radical (unpaired) electrons. The molecule has 0 N–H and O–H groups in total. The summed E-state index contributed by atoms with van der Waals surface area (Å²) in [7, 11) is 0. The summed E-state index contributed by atoms with van der Waals surface area (Å²) in [6, 6.07) is 68.1. The lowest BCUT2D eigenvalue weighted by molar-refractivity contribution is 0.332. The van der Waals surface area contributed by atoms with Gasteiger partial charge in [0.25, 0.3) is 0 Å². The molecule has 3 aromatic heterocycles. The summed E-state index contributed by atoms with van der Waals surface area (Å²) >= 11 is 0. The molecule has 3 heterocycles. The third-order valence-electron chi connectivity index (χ3n) is 14.6. The highest BCUT2D eigenvalue weighted by Crippen LogP contribution is 2.48. The van der Waals surface area contributed by atoms with Crippen molar-refractivity contribution in [2.24, 2.45) is 0 Å². The maximum atomic E-state index is 5.26. The minimum atomic E-state index is 0.109. The third kappa shape index (κ3) is 6.03. The Bertz CT molecular complexity index is 3900. The summed E-state index contributed by atoms with van der Waals surface area (Å²) in [5.41, 5.74) is 13.0. The molecule has 0 aliphatic heterocycles. The van der Waals surface area contributed by atoms with Crippen molar-refractivity contribution >= 4 is 65.2 Å². The van der Waals surface area contributed by atoms with Crippen molar-refractivity contribution < 1.29 is 0 Å². The van der Waals surface area contributed by atoms with Gasteiger partial charge in [-0.2, -0.15) is 0 Å². The largest absolute Gasteiger partial charge is 0.309 e. The van der Waals surface area contributed by atoms with E-state index in [2.05, 4.69) is 225 Å². The molecule has 1 aliphatic rings. The molecular formula is C61H47N5. The van der Waals surface area contributed by atoms with Crippen molar-refractivity contribution in [1.82, 2.24) is 24.1 Å². The van der Waals surface area contributed by atoms with Gasteiger partial charge in [0.1, 0.15) is 0 Å². The van der Waals surface area contributed by atoms with Gasteiger partial charge in [-0.1, -0.05) is 149 Å². The molecule has 0 unspecified atom stereocenters. The maximum absolute atomic E-state index is 5.26. The fraction of sp³-hybridized carbons (Fsp3) is 0.131. The number of nitrogens with zero attached hydrogens (tertiary/aromatic N) is 5. The third-order valence-corrected chi connectivity index (χ3v) is 14.6. The summed E-state index contributed by atoms with van der Waals surface area (Å²) < 4.78 is 4.81. The van der Waals surface area contributed by atoms with Gasteiger partial charge in [-0.15, -0.1) is 0 Å². The molecule has 0 bridgehead atoms. The number of rotatable bonds is 5. The molecule has 1 aliphatic carbocycles. The first kappa shape index (κ1) is 38.6. The van der Waals surface area contributed by atoms with E-state index in [1.54, 1.807) is 0 Å². The Labute approximate surface area is 383 Å². The number of aromatic nitrogens is 5. The van der Waals surface area contributed by atoms with Crippen LogP contribution in [0.4, 0.5) is 0 Å². The molecule has 0 saturated carbocycles. The zero-order valence-electron chi connectivity index (χ0n) is 37.5. The van der Waals surface area contributed by atoms with Crippen LogP contribution < -0.4 is 0 Å². The number of hydrogen-bond donors (Lipinski definition) is 0. The second-order valence-electron chi connectivity index (χ2n) is 19.6. The van der Waals surface area contributed by atoms with Gasteiger partial charge < -0.3 is 9.13 Å². The summed E-state index contributed by atoms with van der Waals surface area (Å²) in [5.74, 6) is 1.90. The first-order valence-corrected chi connectivity index (χ1v) is 23.1. The molecular weight excluding hydrogens is 803 g/mol. The van der Waals surface area contributed by atoms with Crippen molar-refractivity contribution in [2.75, 3.05) is 0 Å². The van der Waals surface area contributed by atoms with Gasteiger partial charge in [0.15, 0.2) is 17.5 Å². The van der Waals surface area contributed by atoms with Crippen LogP contribution in [0.1, 0.15) is 51.7 Å². The average molecular weight is 850 g/mol.